The Labute approximate surface area is 427 Å². The summed E-state index contributed by atoms with van der Waals surface area (Å²) in [6.45, 7) is 13.3. The highest BCUT2D eigenvalue weighted by atomic mass is 15.0. The van der Waals surface area contributed by atoms with E-state index in [2.05, 4.69) is 222 Å². The van der Waals surface area contributed by atoms with Crippen molar-refractivity contribution in [3.8, 4) is 95.7 Å². The van der Waals surface area contributed by atoms with Crippen LogP contribution in [0, 0.1) is 41.5 Å². The van der Waals surface area contributed by atoms with E-state index >= 15 is 0 Å². The molecule has 0 N–H and O–H groups in total. The van der Waals surface area contributed by atoms with Gasteiger partial charge in [0.2, 0.25) is 0 Å². The van der Waals surface area contributed by atoms with Crippen molar-refractivity contribution in [1.82, 2.24) is 24.5 Å². The molecule has 5 heteroatoms. The first-order chi connectivity index (χ1) is 35.6. The molecule has 0 fully saturated rings. The van der Waals surface area contributed by atoms with Gasteiger partial charge >= 0.3 is 0 Å². The van der Waals surface area contributed by atoms with Crippen LogP contribution in [0.5, 0.6) is 0 Å². The molecule has 3 heterocycles. The van der Waals surface area contributed by atoms with Gasteiger partial charge in [0, 0.05) is 44.2 Å². The van der Waals surface area contributed by atoms with Crippen LogP contribution in [0.25, 0.3) is 118 Å². The maximum atomic E-state index is 5.53. The second kappa shape index (κ2) is 18.6. The highest BCUT2D eigenvalue weighted by Gasteiger charge is 2.23. The summed E-state index contributed by atoms with van der Waals surface area (Å²) < 4.78 is 2.46. The van der Waals surface area contributed by atoms with Crippen LogP contribution < -0.4 is 0 Å². The van der Waals surface area contributed by atoms with Gasteiger partial charge in [-0.15, -0.1) is 0 Å². The van der Waals surface area contributed by atoms with Crippen LogP contribution in [-0.4, -0.2) is 24.5 Å². The third kappa shape index (κ3) is 8.49. The van der Waals surface area contributed by atoms with E-state index in [-0.39, 0.29) is 0 Å². The molecular weight excluding hydrogens is 887 g/mol. The molecule has 3 aromatic heterocycles. The molecule has 0 spiro atoms. The second-order valence-corrected chi connectivity index (χ2v) is 19.5. The summed E-state index contributed by atoms with van der Waals surface area (Å²) in [6, 6.07) is 75.5. The first kappa shape index (κ1) is 45.1. The molecule has 9 aromatic carbocycles. The third-order valence-electron chi connectivity index (χ3n) is 14.2. The van der Waals surface area contributed by atoms with Gasteiger partial charge in [-0.25, -0.2) is 19.9 Å². The summed E-state index contributed by atoms with van der Waals surface area (Å²) >= 11 is 0. The van der Waals surface area contributed by atoms with Crippen LogP contribution in [-0.2, 0) is 0 Å². The van der Waals surface area contributed by atoms with Crippen molar-refractivity contribution in [2.75, 3.05) is 0 Å². The number of benzene rings is 9. The zero-order valence-electron chi connectivity index (χ0n) is 41.9. The average Bonchev–Trinajstić information content (AvgIpc) is 3.74. The zero-order chi connectivity index (χ0) is 49.7. The minimum absolute atomic E-state index is 0.607. The van der Waals surface area contributed by atoms with Crippen LogP contribution in [0.15, 0.2) is 212 Å². The highest BCUT2D eigenvalue weighted by molar-refractivity contribution is 6.12. The predicted molar refractivity (Wildman–Crippen MR) is 304 cm³/mol. The summed E-state index contributed by atoms with van der Waals surface area (Å²) in [4.78, 5) is 21.6. The maximum absolute atomic E-state index is 5.53. The Morgan fingerprint density at radius 2 is 0.644 bits per heavy atom. The van der Waals surface area contributed by atoms with E-state index < -0.39 is 0 Å². The van der Waals surface area contributed by atoms with Gasteiger partial charge in [-0.1, -0.05) is 187 Å². The summed E-state index contributed by atoms with van der Waals surface area (Å²) in [6.07, 6.45) is 0. The summed E-state index contributed by atoms with van der Waals surface area (Å²) in [5, 5.41) is 2.33. The van der Waals surface area contributed by atoms with Crippen molar-refractivity contribution in [2.45, 2.75) is 41.5 Å². The lowest BCUT2D eigenvalue weighted by Gasteiger charge is -2.18. The molecule has 0 radical (unpaired) electrons. The smallest absolute Gasteiger partial charge is 0.162 e. The Morgan fingerprint density at radius 3 is 1.05 bits per heavy atom. The fourth-order valence-corrected chi connectivity index (χ4v) is 11.1. The molecule has 0 unspecified atom stereocenters. The summed E-state index contributed by atoms with van der Waals surface area (Å²) in [5.74, 6) is 1.26. The molecule has 0 saturated heterocycles. The van der Waals surface area contributed by atoms with E-state index in [9.17, 15) is 0 Å². The number of nitrogens with zero attached hydrogens (tertiary/aromatic N) is 5. The maximum Gasteiger partial charge on any atom is 0.162 e. The third-order valence-corrected chi connectivity index (χ3v) is 14.2. The van der Waals surface area contributed by atoms with Crippen LogP contribution in [0.3, 0.4) is 0 Å². The summed E-state index contributed by atoms with van der Waals surface area (Å²) in [7, 11) is 0. The van der Waals surface area contributed by atoms with Crippen molar-refractivity contribution in [3.63, 3.8) is 0 Å². The first-order valence-corrected chi connectivity index (χ1v) is 25.0. The molecule has 0 bridgehead atoms. The van der Waals surface area contributed by atoms with E-state index in [1.165, 1.54) is 66.4 Å². The second-order valence-electron chi connectivity index (χ2n) is 19.5. The molecule has 5 nitrogen and oxygen atoms in total. The predicted octanol–water partition coefficient (Wildman–Crippen LogP) is 17.6. The van der Waals surface area contributed by atoms with Gasteiger partial charge in [-0.2, -0.15) is 0 Å². The molecule has 0 saturated carbocycles. The lowest BCUT2D eigenvalue weighted by atomic mass is 9.92. The molecule has 350 valence electrons. The Kier molecular flexibility index (Phi) is 11.5. The van der Waals surface area contributed by atoms with Crippen LogP contribution in [0.4, 0.5) is 0 Å². The van der Waals surface area contributed by atoms with Crippen molar-refractivity contribution >= 4 is 21.8 Å². The SMILES string of the molecule is Cc1cc(C)c(-c2ccc3c4ccc(-c5c(C)cc(C)cc5C)cc4n(-c4ccc(-c5cc(-c6ccccc6)nc(-c6ccccc6)n5)cc4-c4nc(-c5ccccc5)cc(-c5ccccc5)n4)c3c2)c(C)c1. The molecule has 0 aliphatic carbocycles. The molecule has 73 heavy (non-hydrogen) atoms. The van der Waals surface area contributed by atoms with Gasteiger partial charge in [0.25, 0.3) is 0 Å². The molecule has 12 rings (SSSR count). The van der Waals surface area contributed by atoms with Crippen LogP contribution >= 0.6 is 0 Å². The number of fused-ring (bicyclic) bond motifs is 3. The van der Waals surface area contributed by atoms with Gasteiger partial charge in [-0.3, -0.25) is 0 Å². The van der Waals surface area contributed by atoms with Gasteiger partial charge in [0.1, 0.15) is 0 Å². The van der Waals surface area contributed by atoms with Crippen molar-refractivity contribution in [3.05, 3.63) is 246 Å². The topological polar surface area (TPSA) is 56.5 Å². The van der Waals surface area contributed by atoms with Gasteiger partial charge < -0.3 is 4.57 Å². The molecule has 0 amide bonds. The van der Waals surface area contributed by atoms with E-state index in [1.54, 1.807) is 0 Å². The lowest BCUT2D eigenvalue weighted by molar-refractivity contribution is 1.13. The van der Waals surface area contributed by atoms with Gasteiger partial charge in [0.15, 0.2) is 11.6 Å². The highest BCUT2D eigenvalue weighted by Crippen LogP contribution is 2.43. The van der Waals surface area contributed by atoms with E-state index in [1.807, 2.05) is 36.4 Å². The number of hydrogen-bond acceptors (Lipinski definition) is 4. The molecule has 0 aliphatic rings. The fourth-order valence-electron chi connectivity index (χ4n) is 11.1. The zero-order valence-corrected chi connectivity index (χ0v) is 41.9. The number of hydrogen-bond donors (Lipinski definition) is 0. The molecule has 0 aliphatic heterocycles. The van der Waals surface area contributed by atoms with E-state index in [0.717, 1.165) is 72.9 Å². The minimum Gasteiger partial charge on any atom is -0.308 e. The van der Waals surface area contributed by atoms with E-state index in [4.69, 9.17) is 19.9 Å². The fraction of sp³-hybridized carbons (Fsp3) is 0.0882. The Balaban J connectivity index is 1.19. The van der Waals surface area contributed by atoms with Gasteiger partial charge in [0.05, 0.1) is 39.5 Å². The van der Waals surface area contributed by atoms with Crippen molar-refractivity contribution in [1.29, 1.82) is 0 Å². The summed E-state index contributed by atoms with van der Waals surface area (Å²) in [5.41, 5.74) is 24.6. The van der Waals surface area contributed by atoms with E-state index in [0.29, 0.717) is 11.6 Å². The molecule has 0 atom stereocenters. The monoisotopic (exact) mass is 939 g/mol. The number of aryl methyl sites for hydroxylation is 6. The van der Waals surface area contributed by atoms with Gasteiger partial charge in [-0.05, 0) is 122 Å². The Bertz CT molecular complexity index is 3790. The van der Waals surface area contributed by atoms with Crippen LogP contribution in [0.2, 0.25) is 0 Å². The largest absolute Gasteiger partial charge is 0.308 e. The molecule has 12 aromatic rings. The standard InChI is InChI=1S/C68H53N5/c1-42-33-44(3)65(45(4)34-42)53-27-30-55-56-31-28-54(66-46(5)35-43(2)36-47(66)6)39-64(56)73(63(55)38-53)62-32-29-52(61-41-58(48-19-11-7-12-20-48)69-67(70-61)51-25-17-10-18-26-51)37-57(62)68-71-59(49-21-13-8-14-22-49)40-60(72-68)50-23-15-9-16-24-50/h7-41H,1-6H3. The van der Waals surface area contributed by atoms with Crippen LogP contribution in [0.1, 0.15) is 33.4 Å². The minimum atomic E-state index is 0.607. The Morgan fingerprint density at radius 1 is 0.288 bits per heavy atom. The first-order valence-electron chi connectivity index (χ1n) is 25.0. The van der Waals surface area contributed by atoms with Crippen molar-refractivity contribution in [2.24, 2.45) is 0 Å². The Hall–Kier alpha value is -9.06. The lowest BCUT2D eigenvalue weighted by Crippen LogP contribution is -2.03. The van der Waals surface area contributed by atoms with Crippen molar-refractivity contribution < 1.29 is 0 Å². The number of aromatic nitrogens is 5. The quantitative estimate of drug-likeness (QED) is 0.145. The average molecular weight is 940 g/mol. The molecular formula is C68H53N5. The normalized spacial score (nSPS) is 11.4. The number of rotatable bonds is 9.